The third kappa shape index (κ3) is 3.71. The van der Waals surface area contributed by atoms with Crippen LogP contribution in [0.2, 0.25) is 0 Å². The predicted octanol–water partition coefficient (Wildman–Crippen LogP) is 3.67. The van der Waals surface area contributed by atoms with Crippen LogP contribution in [0.5, 0.6) is 0 Å². The van der Waals surface area contributed by atoms with E-state index in [0.717, 1.165) is 0 Å². The molecular formula is C4H2Cl2F6. The predicted molar refractivity (Wildman–Crippen MR) is 31.2 cm³/mol. The Kier molecular flexibility index (Phi) is 3.18. The Bertz CT molecular complexity index is 156. The second kappa shape index (κ2) is 3.14. The zero-order valence-corrected chi connectivity index (χ0v) is 6.74. The highest BCUT2D eigenvalue weighted by molar-refractivity contribution is 6.49. The molecule has 0 N–H and O–H groups in total. The van der Waals surface area contributed by atoms with E-state index in [9.17, 15) is 26.3 Å². The SMILES string of the molecule is FC(F)(F)CC(Cl)(Cl)C(F)(F)F. The minimum absolute atomic E-state index is 2.31. The van der Waals surface area contributed by atoms with E-state index in [0.29, 0.717) is 0 Å². The van der Waals surface area contributed by atoms with Crippen molar-refractivity contribution in [1.82, 2.24) is 0 Å². The van der Waals surface area contributed by atoms with Crippen molar-refractivity contribution in [3.63, 3.8) is 0 Å². The van der Waals surface area contributed by atoms with Gasteiger partial charge >= 0.3 is 12.4 Å². The first-order chi connectivity index (χ1) is 4.96. The molecule has 0 rings (SSSR count). The van der Waals surface area contributed by atoms with Gasteiger partial charge in [-0.25, -0.2) is 0 Å². The fourth-order valence-corrected chi connectivity index (χ4v) is 0.655. The number of hydrogen-bond donors (Lipinski definition) is 0. The first-order valence-electron chi connectivity index (χ1n) is 2.47. The van der Waals surface area contributed by atoms with Crippen molar-refractivity contribution in [2.75, 3.05) is 0 Å². The lowest BCUT2D eigenvalue weighted by Crippen LogP contribution is -2.38. The fourth-order valence-electron chi connectivity index (χ4n) is 0.352. The summed E-state index contributed by atoms with van der Waals surface area (Å²) in [5, 5.41) is 0. The Labute approximate surface area is 73.4 Å². The minimum atomic E-state index is -5.29. The van der Waals surface area contributed by atoms with Gasteiger partial charge in [-0.1, -0.05) is 23.2 Å². The zero-order valence-electron chi connectivity index (χ0n) is 5.23. The molecule has 0 unspecified atom stereocenters. The van der Waals surface area contributed by atoms with Gasteiger partial charge in [0.25, 0.3) is 0 Å². The van der Waals surface area contributed by atoms with Gasteiger partial charge in [-0.15, -0.1) is 0 Å². The summed E-state index contributed by atoms with van der Waals surface area (Å²) in [5.41, 5.74) is 0. The minimum Gasteiger partial charge on any atom is -0.171 e. The average Bonchev–Trinajstić information content (AvgIpc) is 1.52. The fraction of sp³-hybridized carbons (Fsp3) is 1.00. The first-order valence-corrected chi connectivity index (χ1v) is 3.22. The molecule has 0 aromatic rings. The summed E-state index contributed by atoms with van der Waals surface area (Å²) < 4.78 is 65.3. The van der Waals surface area contributed by atoms with Crippen LogP contribution in [0.3, 0.4) is 0 Å². The standard InChI is InChI=1S/C4H2Cl2F6/c5-2(6,4(10,11)12)1-3(7,8)9/h1H2. The highest BCUT2D eigenvalue weighted by Crippen LogP contribution is 2.46. The monoisotopic (exact) mass is 234 g/mol. The number of rotatable bonds is 1. The third-order valence-electron chi connectivity index (χ3n) is 0.837. The molecule has 0 aromatic heterocycles. The largest absolute Gasteiger partial charge is 0.421 e. The number of alkyl halides is 8. The van der Waals surface area contributed by atoms with Crippen LogP contribution in [0.25, 0.3) is 0 Å². The van der Waals surface area contributed by atoms with E-state index in [4.69, 9.17) is 0 Å². The van der Waals surface area contributed by atoms with Gasteiger partial charge in [-0.3, -0.25) is 0 Å². The summed E-state index contributed by atoms with van der Waals surface area (Å²) in [7, 11) is 0. The normalized spacial score (nSPS) is 15.0. The van der Waals surface area contributed by atoms with E-state index in [-0.39, 0.29) is 0 Å². The summed E-state index contributed by atoms with van der Waals surface area (Å²) in [6.45, 7) is 0. The first kappa shape index (κ1) is 12.2. The van der Waals surface area contributed by atoms with Crippen molar-refractivity contribution in [2.24, 2.45) is 0 Å². The van der Waals surface area contributed by atoms with Crippen molar-refractivity contribution >= 4 is 23.2 Å². The molecule has 12 heavy (non-hydrogen) atoms. The topological polar surface area (TPSA) is 0 Å². The highest BCUT2D eigenvalue weighted by atomic mass is 35.5. The molecule has 8 heteroatoms. The van der Waals surface area contributed by atoms with Crippen LogP contribution >= 0.6 is 23.2 Å². The van der Waals surface area contributed by atoms with Gasteiger partial charge in [0, 0.05) is 0 Å². The molecule has 74 valence electrons. The Hall–Kier alpha value is 0.160. The van der Waals surface area contributed by atoms with Crippen molar-refractivity contribution in [3.05, 3.63) is 0 Å². The molecule has 0 bridgehead atoms. The molecule has 0 nitrogen and oxygen atoms in total. The van der Waals surface area contributed by atoms with E-state index in [1.807, 2.05) is 0 Å². The van der Waals surface area contributed by atoms with E-state index in [2.05, 4.69) is 23.2 Å². The van der Waals surface area contributed by atoms with Gasteiger partial charge in [0.2, 0.25) is 4.33 Å². The quantitative estimate of drug-likeness (QED) is 0.480. The van der Waals surface area contributed by atoms with E-state index in [1.165, 1.54) is 0 Å². The third-order valence-corrected chi connectivity index (χ3v) is 1.53. The summed E-state index contributed by atoms with van der Waals surface area (Å²) in [4.78, 5) is 0. The second-order valence-corrected chi connectivity index (χ2v) is 3.48. The van der Waals surface area contributed by atoms with Crippen LogP contribution < -0.4 is 0 Å². The van der Waals surface area contributed by atoms with Crippen LogP contribution in [0.15, 0.2) is 0 Å². The molecular weight excluding hydrogens is 233 g/mol. The molecule has 0 aliphatic carbocycles. The number of hydrogen-bond acceptors (Lipinski definition) is 0. The molecule has 0 heterocycles. The lowest BCUT2D eigenvalue weighted by Gasteiger charge is -2.23. The number of halogens is 8. The van der Waals surface area contributed by atoms with Crippen molar-refractivity contribution in [2.45, 2.75) is 23.1 Å². The van der Waals surface area contributed by atoms with Gasteiger partial charge in [-0.05, 0) is 0 Å². The molecule has 0 spiro atoms. The summed E-state index contributed by atoms with van der Waals surface area (Å²) in [6.07, 6.45) is -12.6. The molecule has 0 atom stereocenters. The van der Waals surface area contributed by atoms with Crippen molar-refractivity contribution in [1.29, 1.82) is 0 Å². The van der Waals surface area contributed by atoms with Crippen molar-refractivity contribution in [3.8, 4) is 0 Å². The molecule has 0 aliphatic heterocycles. The smallest absolute Gasteiger partial charge is 0.171 e. The van der Waals surface area contributed by atoms with Gasteiger partial charge in [-0.2, -0.15) is 26.3 Å². The highest BCUT2D eigenvalue weighted by Gasteiger charge is 2.57. The van der Waals surface area contributed by atoms with Crippen LogP contribution in [0.4, 0.5) is 26.3 Å². The maximum Gasteiger partial charge on any atom is 0.421 e. The summed E-state index contributed by atoms with van der Waals surface area (Å²) in [5.74, 6) is 0. The Morgan fingerprint density at radius 1 is 0.833 bits per heavy atom. The van der Waals surface area contributed by atoms with Crippen LogP contribution in [0.1, 0.15) is 6.42 Å². The van der Waals surface area contributed by atoms with Crippen LogP contribution in [-0.4, -0.2) is 16.7 Å². The van der Waals surface area contributed by atoms with Gasteiger partial charge in [0.05, 0.1) is 6.42 Å². The van der Waals surface area contributed by atoms with Gasteiger partial charge in [0.1, 0.15) is 0 Å². The van der Waals surface area contributed by atoms with Crippen LogP contribution in [-0.2, 0) is 0 Å². The van der Waals surface area contributed by atoms with Crippen LogP contribution in [0, 0.1) is 0 Å². The van der Waals surface area contributed by atoms with E-state index < -0.39 is 23.1 Å². The summed E-state index contributed by atoms with van der Waals surface area (Å²) >= 11 is 8.83. The zero-order chi connectivity index (χ0) is 10.2. The average molecular weight is 235 g/mol. The Morgan fingerprint density at radius 2 is 1.17 bits per heavy atom. The maximum absolute atomic E-state index is 11.6. The lowest BCUT2D eigenvalue weighted by molar-refractivity contribution is -0.189. The van der Waals surface area contributed by atoms with Crippen molar-refractivity contribution < 1.29 is 26.3 Å². The summed E-state index contributed by atoms with van der Waals surface area (Å²) in [6, 6.07) is 0. The molecule has 0 aliphatic rings. The molecule has 0 saturated carbocycles. The molecule has 0 radical (unpaired) electrons. The van der Waals surface area contributed by atoms with E-state index in [1.54, 1.807) is 0 Å². The van der Waals surface area contributed by atoms with E-state index >= 15 is 0 Å². The molecule has 0 fully saturated rings. The van der Waals surface area contributed by atoms with Gasteiger partial charge in [0.15, 0.2) is 0 Å². The molecule has 0 amide bonds. The Morgan fingerprint density at radius 3 is 1.25 bits per heavy atom. The molecule has 0 saturated heterocycles. The molecule has 0 aromatic carbocycles. The maximum atomic E-state index is 11.6. The Balaban J connectivity index is 4.44. The van der Waals surface area contributed by atoms with Gasteiger partial charge < -0.3 is 0 Å². The second-order valence-electron chi connectivity index (χ2n) is 1.99. The lowest BCUT2D eigenvalue weighted by atomic mass is 10.3.